The van der Waals surface area contributed by atoms with Gasteiger partial charge in [0.05, 0.1) is 5.69 Å². The minimum Gasteiger partial charge on any atom is -0.484 e. The summed E-state index contributed by atoms with van der Waals surface area (Å²) in [5, 5.41) is 2.46. The van der Waals surface area contributed by atoms with E-state index in [4.69, 9.17) is 4.74 Å². The van der Waals surface area contributed by atoms with Crippen LogP contribution in [0.4, 0.5) is 10.1 Å². The lowest BCUT2D eigenvalue weighted by Gasteiger charge is -2.09. The zero-order chi connectivity index (χ0) is 14.5. The van der Waals surface area contributed by atoms with E-state index in [1.165, 1.54) is 12.1 Å². The number of hydrogen-bond acceptors (Lipinski definition) is 2. The van der Waals surface area contributed by atoms with Crippen molar-refractivity contribution in [3.05, 3.63) is 58.3 Å². The summed E-state index contributed by atoms with van der Waals surface area (Å²) >= 11 is 3.39. The van der Waals surface area contributed by atoms with Crippen LogP contribution in [-0.4, -0.2) is 12.5 Å². The molecule has 0 heterocycles. The van der Waals surface area contributed by atoms with Gasteiger partial charge in [0.25, 0.3) is 5.91 Å². The number of carbonyl (C=O) groups is 1. The zero-order valence-corrected chi connectivity index (χ0v) is 12.4. The van der Waals surface area contributed by atoms with Gasteiger partial charge in [-0.2, -0.15) is 0 Å². The molecule has 0 spiro atoms. The lowest BCUT2D eigenvalue weighted by molar-refractivity contribution is -0.118. The van der Waals surface area contributed by atoms with E-state index >= 15 is 0 Å². The molecule has 0 atom stereocenters. The molecule has 0 aliphatic rings. The van der Waals surface area contributed by atoms with E-state index in [1.807, 2.05) is 19.1 Å². The molecule has 0 aromatic heterocycles. The highest BCUT2D eigenvalue weighted by atomic mass is 79.9. The van der Waals surface area contributed by atoms with Crippen molar-refractivity contribution < 1.29 is 13.9 Å². The van der Waals surface area contributed by atoms with Gasteiger partial charge < -0.3 is 10.1 Å². The molecule has 0 aliphatic carbocycles. The molecule has 2 aromatic carbocycles. The molecule has 0 radical (unpaired) electrons. The molecule has 2 rings (SSSR count). The summed E-state index contributed by atoms with van der Waals surface area (Å²) in [6, 6.07) is 11.4. The van der Waals surface area contributed by atoms with E-state index in [-0.39, 0.29) is 12.3 Å². The SMILES string of the molecule is Cc1cc(OCC(=O)Nc2ccccc2F)ccc1Br. The predicted octanol–water partition coefficient (Wildman–Crippen LogP) is 3.91. The monoisotopic (exact) mass is 337 g/mol. The second-order valence-electron chi connectivity index (χ2n) is 4.23. The number of benzene rings is 2. The molecule has 5 heteroatoms. The Morgan fingerprint density at radius 2 is 2.05 bits per heavy atom. The van der Waals surface area contributed by atoms with Gasteiger partial charge >= 0.3 is 0 Å². The van der Waals surface area contributed by atoms with Crippen molar-refractivity contribution in [1.29, 1.82) is 0 Å². The highest BCUT2D eigenvalue weighted by Gasteiger charge is 2.07. The molecule has 0 saturated heterocycles. The molecule has 0 aliphatic heterocycles. The zero-order valence-electron chi connectivity index (χ0n) is 10.8. The lowest BCUT2D eigenvalue weighted by Crippen LogP contribution is -2.20. The summed E-state index contributed by atoms with van der Waals surface area (Å²) in [6.45, 7) is 1.76. The highest BCUT2D eigenvalue weighted by Crippen LogP contribution is 2.21. The van der Waals surface area contributed by atoms with Gasteiger partial charge in [0.2, 0.25) is 0 Å². The van der Waals surface area contributed by atoms with Gasteiger partial charge in [-0.3, -0.25) is 4.79 Å². The third kappa shape index (κ3) is 3.81. The van der Waals surface area contributed by atoms with Crippen molar-refractivity contribution in [2.45, 2.75) is 6.92 Å². The van der Waals surface area contributed by atoms with E-state index < -0.39 is 11.7 Å². The van der Waals surface area contributed by atoms with Crippen LogP contribution in [0.5, 0.6) is 5.75 Å². The molecule has 2 aromatic rings. The van der Waals surface area contributed by atoms with Gasteiger partial charge in [-0.15, -0.1) is 0 Å². The smallest absolute Gasteiger partial charge is 0.262 e. The van der Waals surface area contributed by atoms with Crippen molar-refractivity contribution in [1.82, 2.24) is 0 Å². The van der Waals surface area contributed by atoms with Crippen molar-refractivity contribution >= 4 is 27.5 Å². The minimum absolute atomic E-state index is 0.146. The third-order valence-corrected chi connectivity index (χ3v) is 3.54. The Labute approximate surface area is 124 Å². The van der Waals surface area contributed by atoms with Crippen LogP contribution in [0.25, 0.3) is 0 Å². The molecule has 1 N–H and O–H groups in total. The summed E-state index contributed by atoms with van der Waals surface area (Å²) in [4.78, 5) is 11.7. The molecule has 0 unspecified atom stereocenters. The van der Waals surface area contributed by atoms with Crippen LogP contribution in [0.3, 0.4) is 0 Å². The number of amides is 1. The van der Waals surface area contributed by atoms with Crippen LogP contribution < -0.4 is 10.1 Å². The summed E-state index contributed by atoms with van der Waals surface area (Å²) in [6.07, 6.45) is 0. The molecule has 0 fully saturated rings. The first-order valence-electron chi connectivity index (χ1n) is 5.99. The number of hydrogen-bond donors (Lipinski definition) is 1. The first kappa shape index (κ1) is 14.5. The third-order valence-electron chi connectivity index (χ3n) is 2.65. The summed E-state index contributed by atoms with van der Waals surface area (Å²) in [5.41, 5.74) is 1.16. The maximum Gasteiger partial charge on any atom is 0.262 e. The fourth-order valence-corrected chi connectivity index (χ4v) is 1.85. The lowest BCUT2D eigenvalue weighted by atomic mass is 10.2. The average Bonchev–Trinajstić information content (AvgIpc) is 2.43. The average molecular weight is 338 g/mol. The number of ether oxygens (including phenoxy) is 1. The van der Waals surface area contributed by atoms with E-state index in [0.717, 1.165) is 10.0 Å². The van der Waals surface area contributed by atoms with Gasteiger partial charge in [0.15, 0.2) is 6.61 Å². The predicted molar refractivity (Wildman–Crippen MR) is 79.4 cm³/mol. The summed E-state index contributed by atoms with van der Waals surface area (Å²) in [5.74, 6) is -0.287. The van der Waals surface area contributed by atoms with Gasteiger partial charge in [0, 0.05) is 4.47 Å². The first-order valence-corrected chi connectivity index (χ1v) is 6.79. The molecule has 3 nitrogen and oxygen atoms in total. The number of rotatable bonds is 4. The first-order chi connectivity index (χ1) is 9.56. The number of anilines is 1. The van der Waals surface area contributed by atoms with Gasteiger partial charge in [-0.1, -0.05) is 28.1 Å². The second-order valence-corrected chi connectivity index (χ2v) is 5.08. The van der Waals surface area contributed by atoms with E-state index in [9.17, 15) is 9.18 Å². The highest BCUT2D eigenvalue weighted by molar-refractivity contribution is 9.10. The molecule has 104 valence electrons. The maximum atomic E-state index is 13.3. The van der Waals surface area contributed by atoms with Crippen molar-refractivity contribution in [3.8, 4) is 5.75 Å². The Hall–Kier alpha value is -1.88. The van der Waals surface area contributed by atoms with Gasteiger partial charge in [-0.25, -0.2) is 4.39 Å². The van der Waals surface area contributed by atoms with E-state index in [1.54, 1.807) is 18.2 Å². The van der Waals surface area contributed by atoms with Crippen LogP contribution in [0, 0.1) is 12.7 Å². The maximum absolute atomic E-state index is 13.3. The molecule has 20 heavy (non-hydrogen) atoms. The van der Waals surface area contributed by atoms with Crippen LogP contribution in [0.1, 0.15) is 5.56 Å². The molecular formula is C15H13BrFNO2. The van der Waals surface area contributed by atoms with Crippen LogP contribution in [0.2, 0.25) is 0 Å². The van der Waals surface area contributed by atoms with Gasteiger partial charge in [0.1, 0.15) is 11.6 Å². The fourth-order valence-electron chi connectivity index (χ4n) is 1.60. The molecular weight excluding hydrogens is 325 g/mol. The Balaban J connectivity index is 1.92. The number of nitrogens with one attached hydrogen (secondary N) is 1. The Kier molecular flexibility index (Phi) is 4.74. The Bertz CT molecular complexity index is 631. The normalized spacial score (nSPS) is 10.2. The van der Waals surface area contributed by atoms with Crippen molar-refractivity contribution in [2.75, 3.05) is 11.9 Å². The second kappa shape index (κ2) is 6.52. The topological polar surface area (TPSA) is 38.3 Å². The van der Waals surface area contributed by atoms with Crippen LogP contribution in [0.15, 0.2) is 46.9 Å². The molecule has 1 amide bonds. The number of carbonyl (C=O) groups excluding carboxylic acids is 1. The number of para-hydroxylation sites is 1. The number of aryl methyl sites for hydroxylation is 1. The quantitative estimate of drug-likeness (QED) is 0.918. The fraction of sp³-hybridized carbons (Fsp3) is 0.133. The van der Waals surface area contributed by atoms with Crippen LogP contribution in [-0.2, 0) is 4.79 Å². The largest absolute Gasteiger partial charge is 0.484 e. The van der Waals surface area contributed by atoms with Crippen LogP contribution >= 0.6 is 15.9 Å². The standard InChI is InChI=1S/C15H13BrFNO2/c1-10-8-11(6-7-12(10)16)20-9-15(19)18-14-5-3-2-4-13(14)17/h2-8H,9H2,1H3,(H,18,19). The van der Waals surface area contributed by atoms with Crippen molar-refractivity contribution in [2.24, 2.45) is 0 Å². The van der Waals surface area contributed by atoms with E-state index in [0.29, 0.717) is 5.75 Å². The van der Waals surface area contributed by atoms with Crippen molar-refractivity contribution in [3.63, 3.8) is 0 Å². The minimum atomic E-state index is -0.472. The number of halogens is 2. The summed E-state index contributed by atoms with van der Waals surface area (Å²) < 4.78 is 19.7. The Morgan fingerprint density at radius 1 is 1.30 bits per heavy atom. The molecule has 0 saturated carbocycles. The van der Waals surface area contributed by atoms with Gasteiger partial charge in [-0.05, 0) is 42.8 Å². The Morgan fingerprint density at radius 3 is 2.75 bits per heavy atom. The molecule has 0 bridgehead atoms. The summed E-state index contributed by atoms with van der Waals surface area (Å²) in [7, 11) is 0. The van der Waals surface area contributed by atoms with E-state index in [2.05, 4.69) is 21.2 Å².